The van der Waals surface area contributed by atoms with Gasteiger partial charge in [0.2, 0.25) is 0 Å². The second-order valence-electron chi connectivity index (χ2n) is 5.50. The number of benzene rings is 1. The fourth-order valence-electron chi connectivity index (χ4n) is 2.52. The molecule has 0 aliphatic heterocycles. The molecule has 1 aromatic carbocycles. The Hall–Kier alpha value is -1.12. The van der Waals surface area contributed by atoms with Crippen LogP contribution in [-0.2, 0) is 6.42 Å². The molecule has 0 amide bonds. The maximum Gasteiger partial charge on any atom is 0.00684 e. The smallest absolute Gasteiger partial charge is 0.00684 e. The Balaban J connectivity index is 1.73. The van der Waals surface area contributed by atoms with Crippen molar-refractivity contribution < 1.29 is 0 Å². The predicted molar refractivity (Wildman–Crippen MR) is 83.0 cm³/mol. The molecule has 19 heavy (non-hydrogen) atoms. The Morgan fingerprint density at radius 3 is 2.63 bits per heavy atom. The van der Waals surface area contributed by atoms with Crippen molar-refractivity contribution in [2.75, 3.05) is 6.54 Å². The van der Waals surface area contributed by atoms with Gasteiger partial charge in [0.25, 0.3) is 0 Å². The van der Waals surface area contributed by atoms with Crippen molar-refractivity contribution in [3.8, 4) is 0 Å². The Bertz CT molecular complexity index is 513. The summed E-state index contributed by atoms with van der Waals surface area (Å²) in [4.78, 5) is 1.47. The molecule has 0 radical (unpaired) electrons. The average molecular weight is 271 g/mol. The molecule has 1 N–H and O–H groups in total. The van der Waals surface area contributed by atoms with Crippen molar-refractivity contribution in [2.45, 2.75) is 38.1 Å². The van der Waals surface area contributed by atoms with E-state index in [1.54, 1.807) is 0 Å². The van der Waals surface area contributed by atoms with E-state index in [0.29, 0.717) is 5.92 Å². The van der Waals surface area contributed by atoms with Gasteiger partial charge in [-0.05, 0) is 48.8 Å². The fraction of sp³-hybridized carbons (Fsp3) is 0.412. The fourth-order valence-corrected chi connectivity index (χ4v) is 3.26. The SMILES string of the molecule is Cc1sccc1CC(CNC1CC1)c1ccccc1. The van der Waals surface area contributed by atoms with Crippen LogP contribution >= 0.6 is 11.3 Å². The molecule has 2 aromatic rings. The van der Waals surface area contributed by atoms with Gasteiger partial charge in [0.1, 0.15) is 0 Å². The van der Waals surface area contributed by atoms with Gasteiger partial charge < -0.3 is 5.32 Å². The number of rotatable bonds is 6. The third-order valence-corrected chi connectivity index (χ3v) is 4.82. The normalized spacial score (nSPS) is 16.5. The molecule has 2 heteroatoms. The molecular weight excluding hydrogens is 250 g/mol. The first-order valence-corrected chi connectivity index (χ1v) is 8.02. The molecule has 1 aliphatic rings. The van der Waals surface area contributed by atoms with E-state index in [4.69, 9.17) is 0 Å². The number of nitrogens with one attached hydrogen (secondary N) is 1. The summed E-state index contributed by atoms with van der Waals surface area (Å²) in [5, 5.41) is 5.90. The van der Waals surface area contributed by atoms with Gasteiger partial charge in [-0.3, -0.25) is 0 Å². The van der Waals surface area contributed by atoms with Crippen LogP contribution < -0.4 is 5.32 Å². The van der Waals surface area contributed by atoms with Crippen molar-refractivity contribution in [1.29, 1.82) is 0 Å². The molecule has 0 bridgehead atoms. The summed E-state index contributed by atoms with van der Waals surface area (Å²) < 4.78 is 0. The minimum absolute atomic E-state index is 0.593. The van der Waals surface area contributed by atoms with E-state index in [-0.39, 0.29) is 0 Å². The highest BCUT2D eigenvalue weighted by molar-refractivity contribution is 7.10. The minimum Gasteiger partial charge on any atom is -0.313 e. The second kappa shape index (κ2) is 5.89. The van der Waals surface area contributed by atoms with Crippen LogP contribution in [0.4, 0.5) is 0 Å². The quantitative estimate of drug-likeness (QED) is 0.833. The van der Waals surface area contributed by atoms with E-state index in [2.05, 4.69) is 54.0 Å². The molecular formula is C17H21NS. The average Bonchev–Trinajstić information content (AvgIpc) is 3.19. The molecule has 100 valence electrons. The topological polar surface area (TPSA) is 12.0 Å². The summed E-state index contributed by atoms with van der Waals surface area (Å²) in [7, 11) is 0. The zero-order valence-electron chi connectivity index (χ0n) is 11.4. The monoisotopic (exact) mass is 271 g/mol. The van der Waals surface area contributed by atoms with Gasteiger partial charge in [-0.1, -0.05) is 30.3 Å². The first kappa shape index (κ1) is 12.9. The van der Waals surface area contributed by atoms with Crippen molar-refractivity contribution in [3.63, 3.8) is 0 Å². The van der Waals surface area contributed by atoms with Crippen LogP contribution in [0.25, 0.3) is 0 Å². The van der Waals surface area contributed by atoms with Crippen molar-refractivity contribution in [2.24, 2.45) is 0 Å². The van der Waals surface area contributed by atoms with E-state index in [0.717, 1.165) is 19.0 Å². The van der Waals surface area contributed by atoms with Crippen LogP contribution in [-0.4, -0.2) is 12.6 Å². The van der Waals surface area contributed by atoms with Gasteiger partial charge in [0.15, 0.2) is 0 Å². The second-order valence-corrected chi connectivity index (χ2v) is 6.62. The van der Waals surface area contributed by atoms with Crippen LogP contribution in [0.2, 0.25) is 0 Å². The molecule has 1 heterocycles. The molecule has 1 fully saturated rings. The first-order chi connectivity index (χ1) is 9.33. The number of hydrogen-bond donors (Lipinski definition) is 1. The number of aryl methyl sites for hydroxylation is 1. The molecule has 1 saturated carbocycles. The summed E-state index contributed by atoms with van der Waals surface area (Å²) in [6.45, 7) is 3.33. The summed E-state index contributed by atoms with van der Waals surface area (Å²) >= 11 is 1.86. The van der Waals surface area contributed by atoms with Crippen LogP contribution in [0.1, 0.15) is 34.8 Å². The summed E-state index contributed by atoms with van der Waals surface area (Å²) in [6.07, 6.45) is 3.87. The maximum atomic E-state index is 3.69. The van der Waals surface area contributed by atoms with Crippen LogP contribution in [0.3, 0.4) is 0 Å². The molecule has 1 aliphatic carbocycles. The van der Waals surface area contributed by atoms with E-state index in [1.165, 1.54) is 28.8 Å². The van der Waals surface area contributed by atoms with E-state index < -0.39 is 0 Å². The van der Waals surface area contributed by atoms with Crippen LogP contribution in [0, 0.1) is 6.92 Å². The van der Waals surface area contributed by atoms with Gasteiger partial charge in [-0.25, -0.2) is 0 Å². The molecule has 1 unspecified atom stereocenters. The van der Waals surface area contributed by atoms with Gasteiger partial charge in [0.05, 0.1) is 0 Å². The number of hydrogen-bond acceptors (Lipinski definition) is 2. The third-order valence-electron chi connectivity index (χ3n) is 3.93. The Kier molecular flexibility index (Phi) is 4.00. The highest BCUT2D eigenvalue weighted by atomic mass is 32.1. The summed E-state index contributed by atoms with van der Waals surface area (Å²) in [6, 6.07) is 14.0. The van der Waals surface area contributed by atoms with Crippen LogP contribution in [0.5, 0.6) is 0 Å². The molecule has 1 atom stereocenters. The predicted octanol–water partition coefficient (Wildman–Crippen LogP) is 4.13. The van der Waals surface area contributed by atoms with Gasteiger partial charge in [-0.2, -0.15) is 0 Å². The van der Waals surface area contributed by atoms with E-state index in [9.17, 15) is 0 Å². The zero-order valence-corrected chi connectivity index (χ0v) is 12.2. The molecule has 0 spiro atoms. The van der Waals surface area contributed by atoms with Crippen molar-refractivity contribution in [1.82, 2.24) is 5.32 Å². The minimum atomic E-state index is 0.593. The highest BCUT2D eigenvalue weighted by Crippen LogP contribution is 2.26. The van der Waals surface area contributed by atoms with Crippen LogP contribution in [0.15, 0.2) is 41.8 Å². The Labute approximate surface area is 119 Å². The standard InChI is InChI=1S/C17H21NS/c1-13-15(9-10-19-13)11-16(12-18-17-7-8-17)14-5-3-2-4-6-14/h2-6,9-10,16-18H,7-8,11-12H2,1H3. The molecule has 1 aromatic heterocycles. The first-order valence-electron chi connectivity index (χ1n) is 7.14. The number of thiophene rings is 1. The lowest BCUT2D eigenvalue weighted by Gasteiger charge is -2.18. The Morgan fingerprint density at radius 2 is 2.00 bits per heavy atom. The van der Waals surface area contributed by atoms with Gasteiger partial charge >= 0.3 is 0 Å². The molecule has 1 nitrogen and oxygen atoms in total. The lowest BCUT2D eigenvalue weighted by molar-refractivity contribution is 0.577. The van der Waals surface area contributed by atoms with Crippen molar-refractivity contribution in [3.05, 3.63) is 57.8 Å². The lowest BCUT2D eigenvalue weighted by atomic mass is 9.92. The van der Waals surface area contributed by atoms with E-state index in [1.807, 2.05) is 11.3 Å². The van der Waals surface area contributed by atoms with E-state index >= 15 is 0 Å². The molecule has 3 rings (SSSR count). The summed E-state index contributed by atoms with van der Waals surface area (Å²) in [5.74, 6) is 0.593. The largest absolute Gasteiger partial charge is 0.313 e. The van der Waals surface area contributed by atoms with Crippen molar-refractivity contribution >= 4 is 11.3 Å². The summed E-state index contributed by atoms with van der Waals surface area (Å²) in [5.41, 5.74) is 2.97. The van der Waals surface area contributed by atoms with Gasteiger partial charge in [0, 0.05) is 23.4 Å². The maximum absolute atomic E-state index is 3.69. The van der Waals surface area contributed by atoms with Gasteiger partial charge in [-0.15, -0.1) is 11.3 Å². The Morgan fingerprint density at radius 1 is 1.21 bits per heavy atom. The third kappa shape index (κ3) is 3.46. The zero-order chi connectivity index (χ0) is 13.1. The molecule has 0 saturated heterocycles. The highest BCUT2D eigenvalue weighted by Gasteiger charge is 2.22. The lowest BCUT2D eigenvalue weighted by Crippen LogP contribution is -2.24.